The summed E-state index contributed by atoms with van der Waals surface area (Å²) in [6.07, 6.45) is 0. The van der Waals surface area contributed by atoms with Gasteiger partial charge in [-0.15, -0.1) is 20.4 Å². The minimum absolute atomic E-state index is 0.0627. The Labute approximate surface area is 190 Å². The number of anilines is 2. The number of carbonyl (C=O) groups excluding carboxylic acids is 1. The Morgan fingerprint density at radius 3 is 2.39 bits per heavy atom. The third-order valence-corrected chi connectivity index (χ3v) is 7.80. The number of sulfonamides is 1. The number of rotatable bonds is 6. The molecular formula is C18H13ClN6O3S3. The molecule has 2 aromatic carbocycles. The van der Waals surface area contributed by atoms with E-state index in [0.29, 0.717) is 15.6 Å². The topological polar surface area (TPSA) is 127 Å². The Morgan fingerprint density at radius 2 is 1.65 bits per heavy atom. The smallest absolute Gasteiger partial charge is 0.293 e. The maximum absolute atomic E-state index is 12.6. The van der Waals surface area contributed by atoms with Crippen LogP contribution in [0.25, 0.3) is 10.6 Å². The zero-order valence-corrected chi connectivity index (χ0v) is 18.9. The fourth-order valence-corrected chi connectivity index (χ4v) is 5.49. The third-order valence-electron chi connectivity index (χ3n) is 3.98. The molecule has 2 N–H and O–H groups in total. The molecule has 2 heterocycles. The Balaban J connectivity index is 1.48. The van der Waals surface area contributed by atoms with Gasteiger partial charge in [-0.25, -0.2) is 0 Å². The molecule has 0 atom stereocenters. The van der Waals surface area contributed by atoms with Crippen LogP contribution in [0.3, 0.4) is 0 Å². The van der Waals surface area contributed by atoms with E-state index in [4.69, 9.17) is 11.6 Å². The summed E-state index contributed by atoms with van der Waals surface area (Å²) in [5.41, 5.74) is 2.00. The van der Waals surface area contributed by atoms with Crippen molar-refractivity contribution in [2.45, 2.75) is 11.3 Å². The van der Waals surface area contributed by atoms with E-state index in [1.165, 1.54) is 0 Å². The number of nitrogens with one attached hydrogen (secondary N) is 2. The van der Waals surface area contributed by atoms with Crippen LogP contribution in [0.4, 0.5) is 10.3 Å². The van der Waals surface area contributed by atoms with E-state index in [-0.39, 0.29) is 14.6 Å². The van der Waals surface area contributed by atoms with E-state index < -0.39 is 15.9 Å². The third kappa shape index (κ3) is 4.88. The van der Waals surface area contributed by atoms with E-state index in [0.717, 1.165) is 33.8 Å². The van der Waals surface area contributed by atoms with Gasteiger partial charge in [0.25, 0.3) is 20.3 Å². The molecular weight excluding hydrogens is 480 g/mol. The molecule has 0 aliphatic rings. The first-order valence-corrected chi connectivity index (χ1v) is 12.1. The Bertz CT molecular complexity index is 1350. The molecule has 9 nitrogen and oxygen atoms in total. The SMILES string of the molecule is Cc1ccccc1C(=O)Nc1nnc(S(=O)(=O)Nc2nnc(-c3ccc(Cl)cc3)s2)s1. The summed E-state index contributed by atoms with van der Waals surface area (Å²) in [5.74, 6) is -0.400. The average molecular weight is 493 g/mol. The van der Waals surface area contributed by atoms with Crippen LogP contribution >= 0.6 is 34.3 Å². The predicted molar refractivity (Wildman–Crippen MR) is 120 cm³/mol. The molecule has 0 saturated carbocycles. The summed E-state index contributed by atoms with van der Waals surface area (Å²) in [6, 6.07) is 14.0. The van der Waals surface area contributed by atoms with Crippen molar-refractivity contribution in [2.24, 2.45) is 0 Å². The van der Waals surface area contributed by atoms with Gasteiger partial charge < -0.3 is 0 Å². The summed E-state index contributed by atoms with van der Waals surface area (Å²) >= 11 is 7.66. The molecule has 0 bridgehead atoms. The summed E-state index contributed by atoms with van der Waals surface area (Å²) in [6.45, 7) is 1.80. The number of nitrogens with zero attached hydrogens (tertiary/aromatic N) is 4. The van der Waals surface area contributed by atoms with Gasteiger partial charge in [0.05, 0.1) is 0 Å². The van der Waals surface area contributed by atoms with Gasteiger partial charge in [0.15, 0.2) is 0 Å². The van der Waals surface area contributed by atoms with Crippen LogP contribution in [0.1, 0.15) is 15.9 Å². The zero-order chi connectivity index (χ0) is 22.0. The quantitative estimate of drug-likeness (QED) is 0.388. The molecule has 13 heteroatoms. The van der Waals surface area contributed by atoms with E-state index in [1.807, 2.05) is 6.07 Å². The van der Waals surface area contributed by atoms with Gasteiger partial charge in [-0.1, -0.05) is 64.6 Å². The molecule has 0 saturated heterocycles. The number of amides is 1. The number of carbonyl (C=O) groups is 1. The highest BCUT2D eigenvalue weighted by molar-refractivity contribution is 7.94. The normalized spacial score (nSPS) is 11.3. The second-order valence-electron chi connectivity index (χ2n) is 6.17. The molecule has 0 radical (unpaired) electrons. The highest BCUT2D eigenvalue weighted by atomic mass is 35.5. The van der Waals surface area contributed by atoms with Crippen LogP contribution in [0.5, 0.6) is 0 Å². The van der Waals surface area contributed by atoms with E-state index in [1.54, 1.807) is 49.4 Å². The van der Waals surface area contributed by atoms with Crippen LogP contribution in [-0.2, 0) is 10.0 Å². The van der Waals surface area contributed by atoms with Crippen LogP contribution in [0, 0.1) is 6.92 Å². The fraction of sp³-hybridized carbons (Fsp3) is 0.0556. The van der Waals surface area contributed by atoms with Crippen LogP contribution in [0.2, 0.25) is 5.02 Å². The molecule has 0 aliphatic heterocycles. The van der Waals surface area contributed by atoms with Crippen molar-refractivity contribution in [1.82, 2.24) is 20.4 Å². The lowest BCUT2D eigenvalue weighted by atomic mass is 10.1. The molecule has 0 spiro atoms. The first-order valence-electron chi connectivity index (χ1n) is 8.64. The van der Waals surface area contributed by atoms with Crippen molar-refractivity contribution >= 4 is 60.5 Å². The highest BCUT2D eigenvalue weighted by Crippen LogP contribution is 2.29. The number of hydrogen-bond acceptors (Lipinski definition) is 9. The van der Waals surface area contributed by atoms with Gasteiger partial charge in [0.2, 0.25) is 10.3 Å². The molecule has 1 amide bonds. The Kier molecular flexibility index (Phi) is 5.96. The molecule has 4 aromatic rings. The van der Waals surface area contributed by atoms with E-state index in [2.05, 4.69) is 30.4 Å². The lowest BCUT2D eigenvalue weighted by Gasteiger charge is -2.04. The first kappa shape index (κ1) is 21.3. The van der Waals surface area contributed by atoms with Gasteiger partial charge >= 0.3 is 0 Å². The van der Waals surface area contributed by atoms with Crippen molar-refractivity contribution in [2.75, 3.05) is 10.0 Å². The number of aromatic nitrogens is 4. The largest absolute Gasteiger partial charge is 0.296 e. The lowest BCUT2D eigenvalue weighted by molar-refractivity contribution is 0.102. The standard InChI is InChI=1S/C18H13ClN6O3S3/c1-10-4-2-3-5-13(10)14(26)20-16-22-24-18(30-16)31(27,28)25-17-23-21-15(29-17)11-6-8-12(19)9-7-11/h2-9H,1H3,(H,23,25)(H,20,22,26). The Hall–Kier alpha value is -2.93. The van der Waals surface area contributed by atoms with Crippen molar-refractivity contribution < 1.29 is 13.2 Å². The maximum atomic E-state index is 12.6. The minimum Gasteiger partial charge on any atom is -0.296 e. The molecule has 158 valence electrons. The highest BCUT2D eigenvalue weighted by Gasteiger charge is 2.23. The average Bonchev–Trinajstić information content (AvgIpc) is 3.39. The molecule has 0 aliphatic carbocycles. The van der Waals surface area contributed by atoms with E-state index in [9.17, 15) is 13.2 Å². The fourth-order valence-electron chi connectivity index (χ4n) is 2.49. The number of hydrogen-bond donors (Lipinski definition) is 2. The molecule has 2 aromatic heterocycles. The van der Waals surface area contributed by atoms with Gasteiger partial charge in [-0.2, -0.15) is 8.42 Å². The van der Waals surface area contributed by atoms with Crippen LogP contribution < -0.4 is 10.0 Å². The van der Waals surface area contributed by atoms with Gasteiger partial charge in [0, 0.05) is 16.1 Å². The predicted octanol–water partition coefficient (Wildman–Crippen LogP) is 4.07. The summed E-state index contributed by atoms with van der Waals surface area (Å²) < 4.78 is 27.3. The van der Waals surface area contributed by atoms with Crippen molar-refractivity contribution in [3.63, 3.8) is 0 Å². The molecule has 0 fully saturated rings. The lowest BCUT2D eigenvalue weighted by Crippen LogP contribution is -2.13. The summed E-state index contributed by atoms with van der Waals surface area (Å²) in [4.78, 5) is 12.4. The van der Waals surface area contributed by atoms with Crippen LogP contribution in [-0.4, -0.2) is 34.7 Å². The Morgan fingerprint density at radius 1 is 0.935 bits per heavy atom. The van der Waals surface area contributed by atoms with Crippen molar-refractivity contribution in [3.05, 3.63) is 64.7 Å². The first-order chi connectivity index (χ1) is 14.8. The minimum atomic E-state index is -4.05. The maximum Gasteiger partial charge on any atom is 0.293 e. The second kappa shape index (κ2) is 8.67. The summed E-state index contributed by atoms with van der Waals surface area (Å²) in [7, 11) is -4.05. The van der Waals surface area contributed by atoms with E-state index >= 15 is 0 Å². The van der Waals surface area contributed by atoms with Gasteiger partial charge in [-0.05, 0) is 30.7 Å². The summed E-state index contributed by atoms with van der Waals surface area (Å²) in [5, 5.41) is 19.1. The molecule has 0 unspecified atom stereocenters. The zero-order valence-electron chi connectivity index (χ0n) is 15.7. The van der Waals surface area contributed by atoms with Crippen molar-refractivity contribution in [3.8, 4) is 10.6 Å². The number of halogens is 1. The molecule has 4 rings (SSSR count). The van der Waals surface area contributed by atoms with Crippen LogP contribution in [0.15, 0.2) is 52.9 Å². The van der Waals surface area contributed by atoms with Gasteiger partial charge in [0.1, 0.15) is 5.01 Å². The van der Waals surface area contributed by atoms with Crippen molar-refractivity contribution in [1.29, 1.82) is 0 Å². The molecule has 31 heavy (non-hydrogen) atoms. The monoisotopic (exact) mass is 492 g/mol. The number of aryl methyl sites for hydroxylation is 1. The second-order valence-corrected chi connectivity index (χ2v) is 10.4. The van der Waals surface area contributed by atoms with Gasteiger partial charge in [-0.3, -0.25) is 14.8 Å². The number of benzene rings is 2.